The van der Waals surface area contributed by atoms with Crippen molar-refractivity contribution in [2.75, 3.05) is 0 Å². The van der Waals surface area contributed by atoms with Crippen LogP contribution in [0.25, 0.3) is 10.9 Å². The van der Waals surface area contributed by atoms with Crippen molar-refractivity contribution in [2.45, 2.75) is 13.1 Å². The fourth-order valence-corrected chi connectivity index (χ4v) is 4.28. The number of hydrogen-bond acceptors (Lipinski definition) is 2. The highest BCUT2D eigenvalue weighted by molar-refractivity contribution is 14.2. The number of benzene rings is 1. The van der Waals surface area contributed by atoms with Gasteiger partial charge in [0.25, 0.3) is 0 Å². The van der Waals surface area contributed by atoms with E-state index in [1.165, 1.54) is 17.4 Å². The van der Waals surface area contributed by atoms with Crippen molar-refractivity contribution in [3.8, 4) is 6.07 Å². The molecule has 0 spiro atoms. The fraction of sp³-hybridized carbons (Fsp3) is 0.200. The van der Waals surface area contributed by atoms with E-state index in [0.717, 1.165) is 0 Å². The summed E-state index contributed by atoms with van der Waals surface area (Å²) in [4.78, 5) is 0. The van der Waals surface area contributed by atoms with Gasteiger partial charge in [0.2, 0.25) is 0 Å². The molecule has 0 aliphatic heterocycles. The van der Waals surface area contributed by atoms with E-state index >= 15 is 0 Å². The number of nitrogens with zero attached hydrogens (tertiary/aromatic N) is 3. The Bertz CT molecular complexity index is 705. The zero-order valence-corrected chi connectivity index (χ0v) is 14.1. The first-order valence-electron chi connectivity index (χ1n) is 4.87. The van der Waals surface area contributed by atoms with E-state index in [-0.39, 0.29) is 27.5 Å². The second kappa shape index (κ2) is 5.19. The molecule has 2 rings (SSSR count). The largest absolute Gasteiger partial charge is 0.417 e. The highest BCUT2D eigenvalue weighted by Crippen LogP contribution is 2.43. The molecule has 0 amide bonds. The Hall–Kier alpha value is -0.390. The Labute approximate surface area is 129 Å². The minimum Gasteiger partial charge on any atom is -0.236 e. The summed E-state index contributed by atoms with van der Waals surface area (Å²) in [5.74, 6) is 0. The van der Waals surface area contributed by atoms with Crippen molar-refractivity contribution in [1.29, 1.82) is 5.26 Å². The van der Waals surface area contributed by atoms with Crippen LogP contribution in [-0.4, -0.2) is 9.55 Å². The predicted octanol–water partition coefficient (Wildman–Crippen LogP) is 4.79. The third-order valence-electron chi connectivity index (χ3n) is 2.58. The van der Waals surface area contributed by atoms with Crippen LogP contribution in [0.5, 0.6) is 0 Å². The van der Waals surface area contributed by atoms with Gasteiger partial charge in [0.1, 0.15) is 6.07 Å². The highest BCUT2D eigenvalue weighted by atomic mass is 127. The van der Waals surface area contributed by atoms with Crippen LogP contribution in [0, 0.1) is 18.3 Å². The number of hydrogen-bond donors (Lipinski definition) is 0. The van der Waals surface area contributed by atoms with Gasteiger partial charge < -0.3 is 0 Å². The van der Waals surface area contributed by atoms with Crippen LogP contribution in [0.3, 0.4) is 0 Å². The van der Waals surface area contributed by atoms with Crippen LogP contribution in [0.2, 0.25) is 0 Å². The summed E-state index contributed by atoms with van der Waals surface area (Å²) in [6, 6.07) is 3.25. The van der Waals surface area contributed by atoms with Crippen molar-refractivity contribution in [3.63, 3.8) is 0 Å². The van der Waals surface area contributed by atoms with Gasteiger partial charge in [0.05, 0.1) is 22.8 Å². The van der Waals surface area contributed by atoms with E-state index in [1.54, 1.807) is 0 Å². The molecule has 19 heavy (non-hydrogen) atoms. The fourth-order valence-electron chi connectivity index (χ4n) is 1.85. The number of halogens is 5. The van der Waals surface area contributed by atoms with Gasteiger partial charge in [0, 0.05) is 4.47 Å². The molecule has 1 aromatic heterocycles. The second-order valence-electron chi connectivity index (χ2n) is 3.73. The molecule has 1 heterocycles. The van der Waals surface area contributed by atoms with Gasteiger partial charge >= 0.3 is 6.18 Å². The van der Waals surface area contributed by atoms with Gasteiger partial charge in [-0.15, -0.1) is 0 Å². The van der Waals surface area contributed by atoms with Crippen molar-refractivity contribution in [1.82, 2.24) is 9.55 Å². The summed E-state index contributed by atoms with van der Waals surface area (Å²) in [7, 11) is 0. The zero-order chi connectivity index (χ0) is 14.4. The molecule has 0 bridgehead atoms. The van der Waals surface area contributed by atoms with E-state index in [0.29, 0.717) is 5.52 Å². The van der Waals surface area contributed by atoms with Gasteiger partial charge in [-0.25, -0.2) is 4.45 Å². The first kappa shape index (κ1) is 15.0. The van der Waals surface area contributed by atoms with Crippen LogP contribution in [0.1, 0.15) is 16.8 Å². The predicted molar refractivity (Wildman–Crippen MR) is 79.6 cm³/mol. The van der Waals surface area contributed by atoms with Crippen LogP contribution in [0.4, 0.5) is 13.2 Å². The summed E-state index contributed by atoms with van der Waals surface area (Å²) in [5.41, 5.74) is -0.127. The molecular formula is C10H5BrF3IN3P. The lowest BCUT2D eigenvalue weighted by atomic mass is 10.0. The highest BCUT2D eigenvalue weighted by Gasteiger charge is 2.36. The molecular weight excluding hydrogens is 457 g/mol. The number of fused-ring (bicyclic) bond motifs is 1. The number of rotatable bonds is 1. The molecule has 0 aliphatic rings. The molecule has 0 aliphatic carbocycles. The number of aromatic nitrogens is 2. The maximum absolute atomic E-state index is 13.0. The van der Waals surface area contributed by atoms with E-state index in [9.17, 15) is 13.2 Å². The average Bonchev–Trinajstić information content (AvgIpc) is 2.65. The van der Waals surface area contributed by atoms with Gasteiger partial charge in [-0.2, -0.15) is 23.5 Å². The maximum Gasteiger partial charge on any atom is 0.417 e. The van der Waals surface area contributed by atoms with Gasteiger partial charge in [-0.3, -0.25) is 0 Å². The van der Waals surface area contributed by atoms with Crippen molar-refractivity contribution in [3.05, 3.63) is 27.4 Å². The molecule has 9 heteroatoms. The third-order valence-corrected chi connectivity index (χ3v) is 5.24. The zero-order valence-electron chi connectivity index (χ0n) is 9.31. The monoisotopic (exact) mass is 461 g/mol. The molecule has 1 atom stereocenters. The molecule has 0 radical (unpaired) electrons. The summed E-state index contributed by atoms with van der Waals surface area (Å²) in [5, 5.41) is 13.2. The summed E-state index contributed by atoms with van der Waals surface area (Å²) < 4.78 is 40.5. The molecule has 0 N–H and O–H groups in total. The van der Waals surface area contributed by atoms with E-state index < -0.39 is 11.7 Å². The van der Waals surface area contributed by atoms with Crippen molar-refractivity contribution < 1.29 is 13.2 Å². The Balaban J connectivity index is 2.96. The smallest absolute Gasteiger partial charge is 0.236 e. The maximum atomic E-state index is 13.0. The Morgan fingerprint density at radius 3 is 2.63 bits per heavy atom. The van der Waals surface area contributed by atoms with Crippen molar-refractivity contribution in [2.24, 2.45) is 0 Å². The molecule has 0 saturated heterocycles. The van der Waals surface area contributed by atoms with Crippen LogP contribution in [0.15, 0.2) is 10.5 Å². The van der Waals surface area contributed by atoms with Crippen molar-refractivity contribution >= 4 is 55.2 Å². The molecule has 3 nitrogen and oxygen atoms in total. The molecule has 100 valence electrons. The quantitative estimate of drug-likeness (QED) is 0.452. The van der Waals surface area contributed by atoms with Gasteiger partial charge in [-0.1, -0.05) is 0 Å². The summed E-state index contributed by atoms with van der Waals surface area (Å²) >= 11 is 5.04. The lowest BCUT2D eigenvalue weighted by Gasteiger charge is -2.13. The lowest BCUT2D eigenvalue weighted by Crippen LogP contribution is -2.09. The standard InChI is InChI=1S/C10H5BrF3IN3P/c1-4-2-6-7(5(3-16)17-18(6)19-15)9(11)8(4)10(12,13)14/h2,19H,1H3. The normalized spacial score (nSPS) is 12.5. The Kier molecular flexibility index (Phi) is 4.10. The molecule has 2 aromatic rings. The number of nitriles is 1. The Morgan fingerprint density at radius 2 is 2.16 bits per heavy atom. The first-order chi connectivity index (χ1) is 8.81. The van der Waals surface area contributed by atoms with Gasteiger partial charge in [0.15, 0.2) is 5.69 Å². The average molecular weight is 462 g/mol. The first-order valence-corrected chi connectivity index (χ1v) is 9.72. The van der Waals surface area contributed by atoms with E-state index in [2.05, 4.69) is 43.1 Å². The van der Waals surface area contributed by atoms with E-state index in [1.807, 2.05) is 6.07 Å². The molecule has 0 saturated carbocycles. The topological polar surface area (TPSA) is 41.6 Å². The summed E-state index contributed by atoms with van der Waals surface area (Å²) in [6.07, 6.45) is -4.27. The summed E-state index contributed by atoms with van der Waals surface area (Å²) in [6.45, 7) is 1.40. The van der Waals surface area contributed by atoms with Gasteiger partial charge in [-0.05, 0) is 56.5 Å². The lowest BCUT2D eigenvalue weighted by molar-refractivity contribution is -0.138. The third kappa shape index (κ3) is 2.48. The SMILES string of the molecule is Cc1cc2c(c(C#N)nn2PI)c(Br)c1C(F)(F)F. The molecule has 1 unspecified atom stereocenters. The molecule has 1 aromatic carbocycles. The number of aryl methyl sites for hydroxylation is 1. The van der Waals surface area contributed by atoms with Crippen LogP contribution in [-0.2, 0) is 6.18 Å². The molecule has 0 fully saturated rings. The minimum atomic E-state index is -4.47. The minimum absolute atomic E-state index is 0.00320. The van der Waals surface area contributed by atoms with Crippen LogP contribution >= 0.6 is 44.3 Å². The van der Waals surface area contributed by atoms with E-state index in [4.69, 9.17) is 5.26 Å². The Morgan fingerprint density at radius 1 is 1.53 bits per heavy atom. The van der Waals surface area contributed by atoms with Crippen LogP contribution < -0.4 is 0 Å². The number of alkyl halides is 3. The second-order valence-corrected chi connectivity index (χ2v) is 6.56.